The maximum Gasteiger partial charge on any atom is 3.00 e. The second kappa shape index (κ2) is 13.9. The van der Waals surface area contributed by atoms with Crippen molar-refractivity contribution in [3.05, 3.63) is 108 Å². The summed E-state index contributed by atoms with van der Waals surface area (Å²) in [5.74, 6) is -3.39. The Balaban J connectivity index is 0.000000384. The number of hydrogen-bond acceptors (Lipinski definition) is 6. The van der Waals surface area contributed by atoms with E-state index in [9.17, 15) is 29.7 Å². The average Bonchev–Trinajstić information content (AvgIpc) is 2.71. The Kier molecular flexibility index (Phi) is 12.4. The summed E-state index contributed by atoms with van der Waals surface area (Å²) in [5, 5.41) is 30.3. The molecule has 0 amide bonds. The van der Waals surface area contributed by atoms with E-state index >= 15 is 0 Å². The van der Waals surface area contributed by atoms with Crippen LogP contribution in [0.3, 0.4) is 0 Å². The number of aromatic carboxylic acids is 3. The molecular formula is C21H15AuO6. The van der Waals surface area contributed by atoms with Gasteiger partial charge >= 0.3 is 22.4 Å². The maximum atomic E-state index is 10.1. The normalized spacial score (nSPS) is 8.57. The standard InChI is InChI=1S/3C7H6O2.Au/c3*8-7(9)6-4-2-1-3-5-6;/h3*1-5H,(H,8,9);/q;;;+3/p-3. The third kappa shape index (κ3) is 10.1. The molecule has 0 N–H and O–H groups in total. The van der Waals surface area contributed by atoms with Crippen LogP contribution in [0.2, 0.25) is 0 Å². The molecule has 0 heterocycles. The molecule has 3 aromatic carbocycles. The SMILES string of the molecule is O=C([O-])c1ccccc1.O=C([O-])c1ccccc1.O=C([O-])c1ccccc1.[Au+3]. The summed E-state index contributed by atoms with van der Waals surface area (Å²) in [6, 6.07) is 24.2. The summed E-state index contributed by atoms with van der Waals surface area (Å²) < 4.78 is 0. The summed E-state index contributed by atoms with van der Waals surface area (Å²) in [6.45, 7) is 0. The van der Waals surface area contributed by atoms with Gasteiger partial charge in [0, 0.05) is 0 Å². The first kappa shape index (κ1) is 24.8. The van der Waals surface area contributed by atoms with E-state index in [4.69, 9.17) is 0 Å². The summed E-state index contributed by atoms with van der Waals surface area (Å²) >= 11 is 0. The molecule has 7 heteroatoms. The van der Waals surface area contributed by atoms with Gasteiger partial charge in [-0.2, -0.15) is 0 Å². The molecule has 0 aliphatic rings. The van der Waals surface area contributed by atoms with E-state index in [0.29, 0.717) is 0 Å². The fraction of sp³-hybridized carbons (Fsp3) is 0. The van der Waals surface area contributed by atoms with Crippen LogP contribution in [0.25, 0.3) is 0 Å². The van der Waals surface area contributed by atoms with Gasteiger partial charge in [0.25, 0.3) is 0 Å². The van der Waals surface area contributed by atoms with Crippen molar-refractivity contribution >= 4 is 17.9 Å². The van der Waals surface area contributed by atoms with Gasteiger partial charge in [0.15, 0.2) is 0 Å². The zero-order valence-electron chi connectivity index (χ0n) is 14.4. The molecule has 146 valence electrons. The number of carbonyl (C=O) groups excluding carboxylic acids is 3. The van der Waals surface area contributed by atoms with Gasteiger partial charge in [0.05, 0.1) is 17.9 Å². The van der Waals surface area contributed by atoms with Crippen molar-refractivity contribution in [2.75, 3.05) is 0 Å². The van der Waals surface area contributed by atoms with Crippen LogP contribution in [0.5, 0.6) is 0 Å². The van der Waals surface area contributed by atoms with Gasteiger partial charge in [0.1, 0.15) is 0 Å². The first-order valence-corrected chi connectivity index (χ1v) is 7.71. The van der Waals surface area contributed by atoms with Crippen LogP contribution in [0.1, 0.15) is 31.1 Å². The Bertz CT molecular complexity index is 734. The Labute approximate surface area is 177 Å². The van der Waals surface area contributed by atoms with Gasteiger partial charge in [-0.05, 0) is 16.7 Å². The zero-order valence-corrected chi connectivity index (χ0v) is 16.6. The zero-order chi connectivity index (χ0) is 20.1. The average molecular weight is 560 g/mol. The largest absolute Gasteiger partial charge is 3.00 e. The van der Waals surface area contributed by atoms with E-state index in [1.807, 2.05) is 0 Å². The molecule has 0 aromatic heterocycles. The third-order valence-corrected chi connectivity index (χ3v) is 3.03. The van der Waals surface area contributed by atoms with Crippen LogP contribution in [0.15, 0.2) is 91.0 Å². The van der Waals surface area contributed by atoms with Crippen molar-refractivity contribution in [1.29, 1.82) is 0 Å². The van der Waals surface area contributed by atoms with Crippen molar-refractivity contribution in [1.82, 2.24) is 0 Å². The Hall–Kier alpha value is -3.19. The Morgan fingerprint density at radius 1 is 0.429 bits per heavy atom. The summed E-state index contributed by atoms with van der Waals surface area (Å²) in [5.41, 5.74) is 0.660. The fourth-order valence-corrected chi connectivity index (χ4v) is 1.72. The van der Waals surface area contributed by atoms with Crippen LogP contribution in [0, 0.1) is 0 Å². The molecule has 0 spiro atoms. The van der Waals surface area contributed by atoms with Crippen molar-refractivity contribution in [3.63, 3.8) is 0 Å². The molecule has 28 heavy (non-hydrogen) atoms. The summed E-state index contributed by atoms with van der Waals surface area (Å²) in [6.07, 6.45) is 0. The topological polar surface area (TPSA) is 120 Å². The number of carbonyl (C=O) groups is 3. The predicted molar refractivity (Wildman–Crippen MR) is 92.3 cm³/mol. The molecule has 0 atom stereocenters. The molecule has 0 saturated heterocycles. The minimum absolute atomic E-state index is 0. The van der Waals surface area contributed by atoms with Crippen molar-refractivity contribution in [2.24, 2.45) is 0 Å². The quantitative estimate of drug-likeness (QED) is 0.421. The van der Waals surface area contributed by atoms with Crippen molar-refractivity contribution in [3.8, 4) is 0 Å². The van der Waals surface area contributed by atoms with Crippen molar-refractivity contribution < 1.29 is 52.1 Å². The monoisotopic (exact) mass is 560 g/mol. The van der Waals surface area contributed by atoms with E-state index < -0.39 is 17.9 Å². The van der Waals surface area contributed by atoms with Crippen LogP contribution in [-0.2, 0) is 22.4 Å². The number of benzene rings is 3. The minimum atomic E-state index is -1.13. The fourth-order valence-electron chi connectivity index (χ4n) is 1.72. The molecule has 0 aliphatic heterocycles. The van der Waals surface area contributed by atoms with Gasteiger partial charge in [-0.25, -0.2) is 0 Å². The molecule has 0 aliphatic carbocycles. The first-order valence-electron chi connectivity index (χ1n) is 7.71. The van der Waals surface area contributed by atoms with Crippen LogP contribution in [-0.4, -0.2) is 17.9 Å². The van der Waals surface area contributed by atoms with Gasteiger partial charge in [-0.3, -0.25) is 0 Å². The van der Waals surface area contributed by atoms with E-state index in [1.54, 1.807) is 54.6 Å². The number of rotatable bonds is 3. The number of carboxylic acid groups (broad SMARTS) is 3. The number of carboxylic acids is 3. The minimum Gasteiger partial charge on any atom is -0.545 e. The molecule has 3 rings (SSSR count). The van der Waals surface area contributed by atoms with E-state index in [2.05, 4.69) is 0 Å². The van der Waals surface area contributed by atoms with Crippen molar-refractivity contribution in [2.45, 2.75) is 0 Å². The van der Waals surface area contributed by atoms with Crippen LogP contribution < -0.4 is 15.3 Å². The number of hydrogen-bond donors (Lipinski definition) is 0. The van der Waals surface area contributed by atoms with E-state index in [-0.39, 0.29) is 39.1 Å². The molecule has 0 bridgehead atoms. The van der Waals surface area contributed by atoms with Gasteiger partial charge in [-0.1, -0.05) is 91.0 Å². The van der Waals surface area contributed by atoms with Crippen LogP contribution in [0.4, 0.5) is 0 Å². The molecular weight excluding hydrogens is 545 g/mol. The molecule has 0 unspecified atom stereocenters. The molecule has 0 saturated carbocycles. The predicted octanol–water partition coefficient (Wildman–Crippen LogP) is 0.148. The Morgan fingerprint density at radius 3 is 0.714 bits per heavy atom. The third-order valence-electron chi connectivity index (χ3n) is 3.03. The van der Waals surface area contributed by atoms with Gasteiger partial charge in [0.2, 0.25) is 0 Å². The first-order chi connectivity index (χ1) is 12.9. The summed E-state index contributed by atoms with van der Waals surface area (Å²) in [4.78, 5) is 30.3. The molecule has 6 nitrogen and oxygen atoms in total. The second-order valence-electron chi connectivity index (χ2n) is 4.96. The van der Waals surface area contributed by atoms with E-state index in [0.717, 1.165) is 0 Å². The molecule has 0 fully saturated rings. The summed E-state index contributed by atoms with van der Waals surface area (Å²) in [7, 11) is 0. The van der Waals surface area contributed by atoms with Gasteiger partial charge < -0.3 is 29.7 Å². The second-order valence-corrected chi connectivity index (χ2v) is 4.96. The van der Waals surface area contributed by atoms with Crippen LogP contribution >= 0.6 is 0 Å². The smallest absolute Gasteiger partial charge is 0.545 e. The molecule has 0 radical (unpaired) electrons. The molecule has 3 aromatic rings. The maximum absolute atomic E-state index is 10.1. The van der Waals surface area contributed by atoms with Gasteiger partial charge in [-0.15, -0.1) is 0 Å². The van der Waals surface area contributed by atoms with E-state index in [1.165, 1.54) is 36.4 Å². The Morgan fingerprint density at radius 2 is 0.607 bits per heavy atom.